The number of nitrogens with zero attached hydrogens (tertiary/aromatic N) is 2. The Hall–Kier alpha value is -2.90. The largest absolute Gasteiger partial charge is 0.486 e. The lowest BCUT2D eigenvalue weighted by Gasteiger charge is -2.27. The van der Waals surface area contributed by atoms with Crippen LogP contribution in [0.3, 0.4) is 0 Å². The fourth-order valence-electron chi connectivity index (χ4n) is 2.87. The lowest BCUT2D eigenvalue weighted by molar-refractivity contribution is 0.0694. The molecule has 0 fully saturated rings. The number of carbonyl (C=O) groups is 1. The third-order valence-electron chi connectivity index (χ3n) is 3.92. The van der Waals surface area contributed by atoms with Crippen molar-refractivity contribution >= 4 is 27.9 Å². The molecule has 0 saturated heterocycles. The lowest BCUT2D eigenvalue weighted by atomic mass is 10.1. The summed E-state index contributed by atoms with van der Waals surface area (Å²) in [7, 11) is 0. The molecular formula is C14H10FN3O4. The number of fused-ring (bicyclic) bond motifs is 2. The number of ether oxygens (including phenoxy) is 1. The first-order valence-corrected chi connectivity index (χ1v) is 6.60. The number of carboxylic acid groups (broad SMARTS) is 1. The molecule has 0 bridgehead atoms. The number of rotatable bonds is 1. The Bertz CT molecular complexity index is 1020. The van der Waals surface area contributed by atoms with Crippen molar-refractivity contribution < 1.29 is 19.0 Å². The van der Waals surface area contributed by atoms with Gasteiger partial charge in [0.1, 0.15) is 23.2 Å². The molecule has 1 aromatic carbocycles. The van der Waals surface area contributed by atoms with Crippen LogP contribution in [0.25, 0.3) is 21.9 Å². The number of pyridine rings is 1. The zero-order valence-electron chi connectivity index (χ0n) is 11.4. The van der Waals surface area contributed by atoms with Crippen molar-refractivity contribution in [2.75, 3.05) is 6.61 Å². The SMILES string of the molecule is CC1COc2c(F)c3nc[nH]c3c3c(=O)c(C(=O)O)cn1c23. The van der Waals surface area contributed by atoms with Crippen molar-refractivity contribution in [3.63, 3.8) is 0 Å². The number of halogens is 1. The maximum Gasteiger partial charge on any atom is 0.341 e. The number of aromatic carboxylic acids is 1. The van der Waals surface area contributed by atoms with E-state index in [1.165, 1.54) is 12.5 Å². The molecule has 0 amide bonds. The Labute approximate surface area is 122 Å². The van der Waals surface area contributed by atoms with E-state index in [0.717, 1.165) is 0 Å². The van der Waals surface area contributed by atoms with Gasteiger partial charge < -0.3 is 19.4 Å². The summed E-state index contributed by atoms with van der Waals surface area (Å²) in [6, 6.07) is -0.228. The number of hydrogen-bond acceptors (Lipinski definition) is 4. The molecule has 22 heavy (non-hydrogen) atoms. The number of carboxylic acids is 1. The van der Waals surface area contributed by atoms with Gasteiger partial charge in [0.15, 0.2) is 11.6 Å². The summed E-state index contributed by atoms with van der Waals surface area (Å²) in [5, 5.41) is 9.33. The maximum atomic E-state index is 14.5. The first kappa shape index (κ1) is 12.8. The van der Waals surface area contributed by atoms with Crippen molar-refractivity contribution in [1.29, 1.82) is 0 Å². The predicted molar refractivity (Wildman–Crippen MR) is 75.0 cm³/mol. The molecule has 0 spiro atoms. The second-order valence-electron chi connectivity index (χ2n) is 5.24. The van der Waals surface area contributed by atoms with Gasteiger partial charge in [0.25, 0.3) is 0 Å². The molecule has 2 N–H and O–H groups in total. The Balaban J connectivity index is 2.37. The molecule has 4 rings (SSSR count). The molecule has 2 aromatic heterocycles. The molecule has 112 valence electrons. The second-order valence-corrected chi connectivity index (χ2v) is 5.24. The zero-order chi connectivity index (χ0) is 15.6. The fraction of sp³-hybridized carbons (Fsp3) is 0.214. The van der Waals surface area contributed by atoms with Crippen LogP contribution in [0.4, 0.5) is 4.39 Å². The van der Waals surface area contributed by atoms with Crippen LogP contribution in [0.15, 0.2) is 17.3 Å². The third-order valence-corrected chi connectivity index (χ3v) is 3.92. The van der Waals surface area contributed by atoms with Crippen LogP contribution in [0.2, 0.25) is 0 Å². The normalized spacial score (nSPS) is 16.9. The molecular weight excluding hydrogens is 293 g/mol. The highest BCUT2D eigenvalue weighted by atomic mass is 19.1. The molecule has 0 radical (unpaired) electrons. The Morgan fingerprint density at radius 3 is 3.09 bits per heavy atom. The molecule has 1 unspecified atom stereocenters. The number of hydrogen-bond donors (Lipinski definition) is 2. The summed E-state index contributed by atoms with van der Waals surface area (Å²) in [5.41, 5.74) is -0.663. The molecule has 1 aliphatic heterocycles. The van der Waals surface area contributed by atoms with E-state index >= 15 is 0 Å². The van der Waals surface area contributed by atoms with Crippen molar-refractivity contribution in [1.82, 2.24) is 14.5 Å². The summed E-state index contributed by atoms with van der Waals surface area (Å²) in [5.74, 6) is -2.05. The van der Waals surface area contributed by atoms with Gasteiger partial charge >= 0.3 is 5.97 Å². The van der Waals surface area contributed by atoms with Gasteiger partial charge in [-0.3, -0.25) is 4.79 Å². The Morgan fingerprint density at radius 2 is 2.36 bits per heavy atom. The number of nitrogens with one attached hydrogen (secondary N) is 1. The minimum atomic E-state index is -1.33. The van der Waals surface area contributed by atoms with Crippen LogP contribution >= 0.6 is 0 Å². The van der Waals surface area contributed by atoms with Crippen molar-refractivity contribution in [3.8, 4) is 5.75 Å². The van der Waals surface area contributed by atoms with Gasteiger partial charge in [-0.05, 0) is 6.92 Å². The molecule has 8 heteroatoms. The highest BCUT2D eigenvalue weighted by Gasteiger charge is 2.29. The third kappa shape index (κ3) is 1.41. The molecule has 3 aromatic rings. The summed E-state index contributed by atoms with van der Waals surface area (Å²) in [4.78, 5) is 30.4. The zero-order valence-corrected chi connectivity index (χ0v) is 11.4. The minimum Gasteiger partial charge on any atom is -0.486 e. The highest BCUT2D eigenvalue weighted by molar-refractivity contribution is 6.08. The van der Waals surface area contributed by atoms with Crippen molar-refractivity contribution in [3.05, 3.63) is 34.1 Å². The first-order valence-electron chi connectivity index (χ1n) is 6.60. The van der Waals surface area contributed by atoms with Crippen LogP contribution in [-0.4, -0.2) is 32.2 Å². The van der Waals surface area contributed by atoms with Gasteiger partial charge in [-0.15, -0.1) is 0 Å². The van der Waals surface area contributed by atoms with Gasteiger partial charge in [-0.1, -0.05) is 0 Å². The Kier molecular flexibility index (Phi) is 2.37. The molecule has 0 saturated carbocycles. The maximum absolute atomic E-state index is 14.5. The van der Waals surface area contributed by atoms with Gasteiger partial charge in [-0.2, -0.15) is 0 Å². The van der Waals surface area contributed by atoms with Crippen LogP contribution in [0.5, 0.6) is 5.75 Å². The van der Waals surface area contributed by atoms with Gasteiger partial charge in [0.05, 0.1) is 23.3 Å². The topological polar surface area (TPSA) is 97.2 Å². The lowest BCUT2D eigenvalue weighted by Crippen LogP contribution is -2.27. The predicted octanol–water partition coefficient (Wildman–Crippen LogP) is 1.67. The number of imidazole rings is 1. The van der Waals surface area contributed by atoms with E-state index < -0.39 is 17.2 Å². The number of aromatic nitrogens is 3. The average Bonchev–Trinajstić information content (AvgIpc) is 2.95. The van der Waals surface area contributed by atoms with Crippen LogP contribution in [-0.2, 0) is 0 Å². The molecule has 1 atom stereocenters. The van der Waals surface area contributed by atoms with E-state index in [1.807, 2.05) is 0 Å². The number of benzene rings is 1. The molecule has 1 aliphatic rings. The van der Waals surface area contributed by atoms with Gasteiger partial charge in [0.2, 0.25) is 5.43 Å². The van der Waals surface area contributed by atoms with Gasteiger partial charge in [0, 0.05) is 6.20 Å². The summed E-state index contributed by atoms with van der Waals surface area (Å²) < 4.78 is 21.5. The highest BCUT2D eigenvalue weighted by Crippen LogP contribution is 2.38. The smallest absolute Gasteiger partial charge is 0.341 e. The second kappa shape index (κ2) is 4.06. The molecule has 7 nitrogen and oxygen atoms in total. The Morgan fingerprint density at radius 1 is 1.59 bits per heavy atom. The fourth-order valence-corrected chi connectivity index (χ4v) is 2.87. The van der Waals surface area contributed by atoms with E-state index in [9.17, 15) is 19.1 Å². The van der Waals surface area contributed by atoms with Crippen molar-refractivity contribution in [2.24, 2.45) is 0 Å². The number of aromatic amines is 1. The van der Waals surface area contributed by atoms with E-state index in [0.29, 0.717) is 0 Å². The quantitative estimate of drug-likeness (QED) is 0.712. The molecule has 3 heterocycles. The summed E-state index contributed by atoms with van der Waals surface area (Å²) in [6.07, 6.45) is 2.50. The van der Waals surface area contributed by atoms with Crippen LogP contribution in [0.1, 0.15) is 23.3 Å². The monoisotopic (exact) mass is 303 g/mol. The minimum absolute atomic E-state index is 0.0387. The van der Waals surface area contributed by atoms with Crippen LogP contribution < -0.4 is 10.2 Å². The summed E-state index contributed by atoms with van der Waals surface area (Å²) in [6.45, 7) is 1.98. The van der Waals surface area contributed by atoms with E-state index in [-0.39, 0.29) is 45.9 Å². The van der Waals surface area contributed by atoms with E-state index in [2.05, 4.69) is 9.97 Å². The van der Waals surface area contributed by atoms with Crippen LogP contribution in [0, 0.1) is 5.82 Å². The van der Waals surface area contributed by atoms with E-state index in [1.54, 1.807) is 11.5 Å². The number of H-pyrrole nitrogens is 1. The standard InChI is InChI=1S/C14H10FN3O4/c1-5-3-22-13-8(15)10-9(16-4-17-10)7-11(13)18(5)2-6(12(7)19)14(20)21/h2,4-5H,3H2,1H3,(H,16,17)(H,20,21). The summed E-state index contributed by atoms with van der Waals surface area (Å²) >= 11 is 0. The van der Waals surface area contributed by atoms with Gasteiger partial charge in [-0.25, -0.2) is 14.2 Å². The first-order chi connectivity index (χ1) is 10.5. The average molecular weight is 303 g/mol. The molecule has 0 aliphatic carbocycles. The van der Waals surface area contributed by atoms with E-state index in [4.69, 9.17) is 4.74 Å². The van der Waals surface area contributed by atoms with Crippen molar-refractivity contribution in [2.45, 2.75) is 13.0 Å².